The Morgan fingerprint density at radius 2 is 1.93 bits per heavy atom. The van der Waals surface area contributed by atoms with Gasteiger partial charge in [-0.3, -0.25) is 9.59 Å². The maximum Gasteiger partial charge on any atom is 0.404 e. The molecule has 4 rings (SSSR count). The topological polar surface area (TPSA) is 74.8 Å². The summed E-state index contributed by atoms with van der Waals surface area (Å²) in [6.45, 7) is 1.80. The van der Waals surface area contributed by atoms with Crippen LogP contribution in [0.1, 0.15) is 60.4 Å². The van der Waals surface area contributed by atoms with Crippen molar-refractivity contribution in [2.75, 3.05) is 45.7 Å². The number of pyridine rings is 1. The van der Waals surface area contributed by atoms with Crippen molar-refractivity contribution in [3.8, 4) is 5.75 Å². The van der Waals surface area contributed by atoms with E-state index in [-0.39, 0.29) is 23.0 Å². The number of carbonyl (C=O) groups excluding carboxylic acids is 2. The number of ether oxygens (including phenoxy) is 1. The number of carbonyl (C=O) groups is 2. The Labute approximate surface area is 239 Å². The highest BCUT2D eigenvalue weighted by Gasteiger charge is 2.47. The van der Waals surface area contributed by atoms with Crippen LogP contribution < -0.4 is 15.0 Å². The van der Waals surface area contributed by atoms with Gasteiger partial charge in [-0.15, -0.1) is 0 Å². The molecule has 40 heavy (non-hydrogen) atoms. The fraction of sp³-hybridized carbons (Fsp3) is 0.552. The molecule has 1 saturated heterocycles. The smallest absolute Gasteiger partial charge is 0.404 e. The van der Waals surface area contributed by atoms with Crippen LogP contribution in [0.15, 0.2) is 36.4 Å². The summed E-state index contributed by atoms with van der Waals surface area (Å²) in [4.78, 5) is 31.2. The van der Waals surface area contributed by atoms with E-state index in [0.717, 1.165) is 44.2 Å². The van der Waals surface area contributed by atoms with Crippen LogP contribution in [-0.2, 0) is 4.79 Å². The van der Waals surface area contributed by atoms with Crippen molar-refractivity contribution in [2.24, 2.45) is 5.92 Å². The van der Waals surface area contributed by atoms with E-state index in [1.165, 1.54) is 50.1 Å². The van der Waals surface area contributed by atoms with E-state index in [0.29, 0.717) is 24.2 Å². The SMILES string of the molecule is CNC1CC1.COc1cccc(C(C(=O)N(C)CCCC2CCN(c3ccc(C=O)c(Cl)n3)CC2)C(F)(F)F)c1. The molecular weight excluding hydrogens is 545 g/mol. The van der Waals surface area contributed by atoms with Crippen LogP contribution in [0.25, 0.3) is 0 Å². The van der Waals surface area contributed by atoms with Gasteiger partial charge in [0.05, 0.1) is 12.7 Å². The van der Waals surface area contributed by atoms with Crippen LogP contribution in [0, 0.1) is 5.92 Å². The number of likely N-dealkylation sites (N-methyl/N-ethyl adjacent to an activating group) is 1. The third-order valence-electron chi connectivity index (χ3n) is 7.40. The van der Waals surface area contributed by atoms with E-state index in [2.05, 4.69) is 15.2 Å². The summed E-state index contributed by atoms with van der Waals surface area (Å²) in [7, 11) is 4.80. The number of aromatic nitrogens is 1. The standard InChI is InChI=1S/C25H29ClF3N3O3.C4H9N/c1-31(24(34)22(25(27,28)29)18-6-3-7-20(15-18)35-2)12-4-5-17-10-13-32(14-11-17)21-9-8-19(16-33)23(26)30-21;1-5-4-2-3-4/h3,6-9,15-17,22H,4-5,10-14H2,1-2H3;4-5H,2-3H2,1H3. The maximum atomic E-state index is 13.8. The van der Waals surface area contributed by atoms with Gasteiger partial charge in [0, 0.05) is 32.7 Å². The molecule has 1 N–H and O–H groups in total. The molecule has 2 heterocycles. The summed E-state index contributed by atoms with van der Waals surface area (Å²) < 4.78 is 46.4. The Balaban J connectivity index is 0.000000792. The molecule has 7 nitrogen and oxygen atoms in total. The molecule has 0 radical (unpaired) electrons. The average Bonchev–Trinajstić information content (AvgIpc) is 3.78. The molecule has 0 bridgehead atoms. The van der Waals surface area contributed by atoms with E-state index in [1.807, 2.05) is 7.05 Å². The van der Waals surface area contributed by atoms with Crippen LogP contribution >= 0.6 is 11.6 Å². The van der Waals surface area contributed by atoms with Crippen molar-refractivity contribution >= 4 is 29.6 Å². The second-order valence-corrected chi connectivity index (χ2v) is 10.7. The lowest BCUT2D eigenvalue weighted by atomic mass is 9.92. The Morgan fingerprint density at radius 1 is 1.23 bits per heavy atom. The molecule has 0 spiro atoms. The molecule has 1 amide bonds. The first kappa shape index (κ1) is 31.7. The van der Waals surface area contributed by atoms with Crippen molar-refractivity contribution in [2.45, 2.75) is 56.7 Å². The zero-order valence-electron chi connectivity index (χ0n) is 23.2. The van der Waals surface area contributed by atoms with Crippen LogP contribution in [-0.4, -0.2) is 75.1 Å². The number of hydrogen-bond acceptors (Lipinski definition) is 6. The minimum Gasteiger partial charge on any atom is -0.497 e. The predicted molar refractivity (Wildman–Crippen MR) is 150 cm³/mol. The molecule has 1 aromatic heterocycles. The monoisotopic (exact) mass is 582 g/mol. The second kappa shape index (κ2) is 14.7. The largest absolute Gasteiger partial charge is 0.497 e. The van der Waals surface area contributed by atoms with Crippen molar-refractivity contribution in [3.05, 3.63) is 52.7 Å². The number of halogens is 4. The van der Waals surface area contributed by atoms with Gasteiger partial charge in [-0.25, -0.2) is 4.98 Å². The third-order valence-corrected chi connectivity index (χ3v) is 7.70. The summed E-state index contributed by atoms with van der Waals surface area (Å²) in [5, 5.41) is 3.32. The summed E-state index contributed by atoms with van der Waals surface area (Å²) in [6.07, 6.45) is 2.01. The molecular formula is C29H38ClF3N4O3. The molecule has 220 valence electrons. The zero-order chi connectivity index (χ0) is 29.3. The normalized spacial score (nSPS) is 16.5. The van der Waals surface area contributed by atoms with Crippen LogP contribution in [0.5, 0.6) is 5.75 Å². The number of methoxy groups -OCH3 is 1. The quantitative estimate of drug-likeness (QED) is 0.285. The summed E-state index contributed by atoms with van der Waals surface area (Å²) in [5.74, 6) is -1.79. The van der Waals surface area contributed by atoms with Crippen LogP contribution in [0.2, 0.25) is 5.15 Å². The molecule has 11 heteroatoms. The molecule has 2 fully saturated rings. The maximum absolute atomic E-state index is 13.8. The minimum absolute atomic E-state index is 0.129. The van der Waals surface area contributed by atoms with Gasteiger partial charge in [0.15, 0.2) is 12.2 Å². The fourth-order valence-electron chi connectivity index (χ4n) is 4.76. The number of alkyl halides is 3. The molecule has 1 unspecified atom stereocenters. The molecule has 1 aliphatic heterocycles. The Morgan fingerprint density at radius 3 is 2.45 bits per heavy atom. The highest BCUT2D eigenvalue weighted by Crippen LogP contribution is 2.37. The number of anilines is 1. The van der Waals surface area contributed by atoms with Gasteiger partial charge >= 0.3 is 6.18 Å². The Hall–Kier alpha value is -2.85. The van der Waals surface area contributed by atoms with Gasteiger partial charge in [0.2, 0.25) is 5.91 Å². The lowest BCUT2D eigenvalue weighted by Crippen LogP contribution is -2.39. The first-order chi connectivity index (χ1) is 19.1. The molecule has 2 aliphatic rings. The first-order valence-corrected chi connectivity index (χ1v) is 13.9. The first-order valence-electron chi connectivity index (χ1n) is 13.6. The van der Waals surface area contributed by atoms with Crippen molar-refractivity contribution in [1.29, 1.82) is 0 Å². The lowest BCUT2D eigenvalue weighted by Gasteiger charge is -2.33. The molecule has 1 aromatic carbocycles. The summed E-state index contributed by atoms with van der Waals surface area (Å²) in [6, 6.07) is 9.86. The number of piperidine rings is 1. The predicted octanol–water partition coefficient (Wildman–Crippen LogP) is 5.73. The molecule has 1 atom stereocenters. The molecule has 1 saturated carbocycles. The van der Waals surface area contributed by atoms with Gasteiger partial charge in [-0.1, -0.05) is 23.7 Å². The number of nitrogens with zero attached hydrogens (tertiary/aromatic N) is 3. The summed E-state index contributed by atoms with van der Waals surface area (Å²) in [5.41, 5.74) is 0.221. The van der Waals surface area contributed by atoms with Gasteiger partial charge in [0.25, 0.3) is 0 Å². The van der Waals surface area contributed by atoms with Gasteiger partial charge < -0.3 is 19.9 Å². The molecule has 2 aromatic rings. The van der Waals surface area contributed by atoms with Crippen molar-refractivity contribution in [3.63, 3.8) is 0 Å². The van der Waals surface area contributed by atoms with Gasteiger partial charge in [-0.05, 0) is 81.3 Å². The number of rotatable bonds is 10. The number of hydrogen-bond donors (Lipinski definition) is 1. The number of benzene rings is 1. The molecule has 1 aliphatic carbocycles. The van der Waals surface area contributed by atoms with Crippen molar-refractivity contribution in [1.82, 2.24) is 15.2 Å². The van der Waals surface area contributed by atoms with E-state index in [1.54, 1.807) is 18.2 Å². The second-order valence-electron chi connectivity index (χ2n) is 10.3. The van der Waals surface area contributed by atoms with Gasteiger partial charge in [0.1, 0.15) is 16.7 Å². The van der Waals surface area contributed by atoms with E-state index < -0.39 is 18.0 Å². The minimum atomic E-state index is -4.70. The number of aldehydes is 1. The van der Waals surface area contributed by atoms with E-state index in [4.69, 9.17) is 16.3 Å². The average molecular weight is 583 g/mol. The van der Waals surface area contributed by atoms with E-state index >= 15 is 0 Å². The number of amides is 1. The fourth-order valence-corrected chi connectivity index (χ4v) is 4.96. The zero-order valence-corrected chi connectivity index (χ0v) is 24.0. The summed E-state index contributed by atoms with van der Waals surface area (Å²) >= 11 is 6.03. The Kier molecular flexibility index (Phi) is 11.6. The lowest BCUT2D eigenvalue weighted by molar-refractivity contribution is -0.171. The van der Waals surface area contributed by atoms with Crippen LogP contribution in [0.3, 0.4) is 0 Å². The van der Waals surface area contributed by atoms with Gasteiger partial charge in [-0.2, -0.15) is 13.2 Å². The third kappa shape index (κ3) is 9.09. The van der Waals surface area contributed by atoms with Crippen molar-refractivity contribution < 1.29 is 27.5 Å². The van der Waals surface area contributed by atoms with Crippen LogP contribution in [0.4, 0.5) is 19.0 Å². The Bertz CT molecular complexity index is 1120. The number of nitrogens with one attached hydrogen (secondary N) is 1. The highest BCUT2D eigenvalue weighted by molar-refractivity contribution is 6.31. The highest BCUT2D eigenvalue weighted by atomic mass is 35.5. The van der Waals surface area contributed by atoms with E-state index in [9.17, 15) is 22.8 Å².